The molecule has 7 heavy (non-hydrogen) atoms. The summed E-state index contributed by atoms with van der Waals surface area (Å²) in [6.07, 6.45) is 0. The molecule has 0 radical (unpaired) electrons. The molecule has 0 fully saturated rings. The fourth-order valence-corrected chi connectivity index (χ4v) is 0. The molecule has 3 nitrogen and oxygen atoms in total. The zero-order valence-corrected chi connectivity index (χ0v) is 6.20. The topological polar surface area (TPSA) is 57.5 Å². The van der Waals surface area contributed by atoms with E-state index in [-0.39, 0.29) is 0 Å². The second-order valence-electron chi connectivity index (χ2n) is 1.68. The molecule has 0 aromatic heterocycles. The van der Waals surface area contributed by atoms with Gasteiger partial charge in [0.25, 0.3) is 0 Å². The van der Waals surface area contributed by atoms with Crippen molar-refractivity contribution in [2.24, 2.45) is 0 Å². The third-order valence-corrected chi connectivity index (χ3v) is 3.50. The number of hydrogen-bond acceptors (Lipinski definition) is 1. The standard InChI is InChI=1S/C3H9AsO3/c1-3(2)4(5,6)7/h3H,1-2H3,(H2,5,6,7). The fraction of sp³-hybridized carbons (Fsp3) is 1.00. The zero-order chi connectivity index (χ0) is 6.08. The molecule has 0 aliphatic carbocycles. The van der Waals surface area contributed by atoms with Crippen molar-refractivity contribution in [1.82, 2.24) is 0 Å². The Morgan fingerprint density at radius 2 is 1.57 bits per heavy atom. The molecule has 0 saturated heterocycles. The first-order valence-corrected chi connectivity index (χ1v) is 5.52. The summed E-state index contributed by atoms with van der Waals surface area (Å²) in [4.78, 5) is 0. The average Bonchev–Trinajstić information content (AvgIpc) is 1.31. The van der Waals surface area contributed by atoms with E-state index in [1.807, 2.05) is 0 Å². The van der Waals surface area contributed by atoms with Gasteiger partial charge in [0.1, 0.15) is 0 Å². The van der Waals surface area contributed by atoms with E-state index in [9.17, 15) is 3.74 Å². The van der Waals surface area contributed by atoms with Crippen molar-refractivity contribution in [2.75, 3.05) is 0 Å². The van der Waals surface area contributed by atoms with Gasteiger partial charge >= 0.3 is 44.7 Å². The molecule has 0 heterocycles. The first-order valence-electron chi connectivity index (χ1n) is 2.00. The van der Waals surface area contributed by atoms with Gasteiger partial charge in [0.15, 0.2) is 0 Å². The van der Waals surface area contributed by atoms with E-state index in [2.05, 4.69) is 0 Å². The maximum absolute atomic E-state index is 10.1. The predicted molar refractivity (Wildman–Crippen MR) is 26.0 cm³/mol. The Morgan fingerprint density at radius 1 is 1.43 bits per heavy atom. The van der Waals surface area contributed by atoms with Gasteiger partial charge in [-0.3, -0.25) is 0 Å². The molecule has 0 aromatic carbocycles. The normalized spacial score (nSPS) is 12.7. The molecule has 0 amide bonds. The molecule has 2 N–H and O–H groups in total. The summed E-state index contributed by atoms with van der Waals surface area (Å²) in [5.74, 6) is 0. The summed E-state index contributed by atoms with van der Waals surface area (Å²) in [6, 6.07) is 0. The molecule has 44 valence electrons. The second kappa shape index (κ2) is 2.03. The van der Waals surface area contributed by atoms with E-state index < -0.39 is 18.9 Å². The molecule has 4 heteroatoms. The number of rotatable bonds is 1. The third kappa shape index (κ3) is 2.92. The van der Waals surface area contributed by atoms with Crippen molar-refractivity contribution in [1.29, 1.82) is 0 Å². The molecule has 0 aliphatic rings. The average molecular weight is 168 g/mol. The summed E-state index contributed by atoms with van der Waals surface area (Å²) in [7, 11) is 0. The molecule has 0 unspecified atom stereocenters. The summed E-state index contributed by atoms with van der Waals surface area (Å²) >= 11 is -4.28. The quantitative estimate of drug-likeness (QED) is 0.531. The van der Waals surface area contributed by atoms with E-state index in [0.29, 0.717) is 0 Å². The van der Waals surface area contributed by atoms with Gasteiger partial charge in [-0.25, -0.2) is 0 Å². The van der Waals surface area contributed by atoms with Crippen LogP contribution in [0.1, 0.15) is 13.8 Å². The predicted octanol–water partition coefficient (Wildman–Crippen LogP) is -0.250. The molecule has 0 atom stereocenters. The summed E-state index contributed by atoms with van der Waals surface area (Å²) < 4.78 is 26.1. The Balaban J connectivity index is 3.80. The van der Waals surface area contributed by atoms with E-state index in [4.69, 9.17) is 8.19 Å². The van der Waals surface area contributed by atoms with Crippen molar-refractivity contribution in [3.63, 3.8) is 0 Å². The van der Waals surface area contributed by atoms with Crippen LogP contribution in [0.4, 0.5) is 0 Å². The van der Waals surface area contributed by atoms with Crippen molar-refractivity contribution in [2.45, 2.75) is 18.6 Å². The molecule has 0 spiro atoms. The SMILES string of the molecule is CC(C)[As](=O)(O)O. The zero-order valence-electron chi connectivity index (χ0n) is 4.33. The van der Waals surface area contributed by atoms with Gasteiger partial charge in [-0.1, -0.05) is 0 Å². The Morgan fingerprint density at radius 3 is 1.57 bits per heavy atom. The molecular formula is C3H9AsO3. The van der Waals surface area contributed by atoms with Crippen LogP contribution in [-0.4, -0.2) is 22.4 Å². The number of hydrogen-bond donors (Lipinski definition) is 2. The molecule has 0 saturated carbocycles. The van der Waals surface area contributed by atoms with Crippen LogP contribution < -0.4 is 0 Å². The molecule has 0 aliphatic heterocycles. The summed E-state index contributed by atoms with van der Waals surface area (Å²) in [6.45, 7) is 3.03. The molecule has 0 aromatic rings. The summed E-state index contributed by atoms with van der Waals surface area (Å²) in [5.41, 5.74) is 0. The van der Waals surface area contributed by atoms with Crippen LogP contribution in [0.15, 0.2) is 0 Å². The molecule has 0 bridgehead atoms. The van der Waals surface area contributed by atoms with Gasteiger partial charge < -0.3 is 0 Å². The van der Waals surface area contributed by atoms with Crippen LogP contribution in [0.3, 0.4) is 0 Å². The van der Waals surface area contributed by atoms with E-state index in [0.717, 1.165) is 0 Å². The van der Waals surface area contributed by atoms with Crippen LogP contribution in [0.5, 0.6) is 0 Å². The van der Waals surface area contributed by atoms with Crippen molar-refractivity contribution >= 4 is 14.2 Å². The van der Waals surface area contributed by atoms with Gasteiger partial charge in [-0.15, -0.1) is 0 Å². The van der Waals surface area contributed by atoms with Crippen molar-refractivity contribution in [3.8, 4) is 0 Å². The maximum atomic E-state index is 10.1. The Bertz CT molecular complexity index is 92.4. The van der Waals surface area contributed by atoms with Gasteiger partial charge in [-0.05, 0) is 0 Å². The monoisotopic (exact) mass is 168 g/mol. The Hall–Kier alpha value is 0.278. The van der Waals surface area contributed by atoms with Crippen LogP contribution in [-0.2, 0) is 3.74 Å². The second-order valence-corrected chi connectivity index (χ2v) is 6.32. The minimum atomic E-state index is -4.28. The Kier molecular flexibility index (Phi) is 2.11. The first-order chi connectivity index (χ1) is 2.94. The van der Waals surface area contributed by atoms with E-state index in [1.165, 1.54) is 13.8 Å². The van der Waals surface area contributed by atoms with Crippen molar-refractivity contribution in [3.05, 3.63) is 0 Å². The van der Waals surface area contributed by atoms with E-state index in [1.54, 1.807) is 0 Å². The van der Waals surface area contributed by atoms with Crippen LogP contribution in [0.2, 0.25) is 4.71 Å². The van der Waals surface area contributed by atoms with Gasteiger partial charge in [-0.2, -0.15) is 0 Å². The van der Waals surface area contributed by atoms with Crippen LogP contribution in [0.25, 0.3) is 0 Å². The van der Waals surface area contributed by atoms with Crippen LogP contribution in [0, 0.1) is 0 Å². The summed E-state index contributed by atoms with van der Waals surface area (Å²) in [5, 5.41) is 0. The fourth-order valence-electron chi connectivity index (χ4n) is 0. The van der Waals surface area contributed by atoms with Crippen molar-refractivity contribution < 1.29 is 11.9 Å². The minimum absolute atomic E-state index is 0.474. The third-order valence-electron chi connectivity index (χ3n) is 0.673. The molecule has 0 rings (SSSR count). The molecular weight excluding hydrogens is 159 g/mol. The van der Waals surface area contributed by atoms with Crippen LogP contribution >= 0.6 is 0 Å². The van der Waals surface area contributed by atoms with Gasteiger partial charge in [0.05, 0.1) is 0 Å². The van der Waals surface area contributed by atoms with Gasteiger partial charge in [0, 0.05) is 0 Å². The van der Waals surface area contributed by atoms with E-state index >= 15 is 0 Å². The van der Waals surface area contributed by atoms with Gasteiger partial charge in [0.2, 0.25) is 0 Å². The Labute approximate surface area is 45.4 Å². The first kappa shape index (κ1) is 7.28.